The average molecular weight is 401 g/mol. The molecule has 3 rings (SSSR count). The molecule has 0 spiro atoms. The third-order valence-electron chi connectivity index (χ3n) is 4.33. The molecule has 0 aliphatic carbocycles. The van der Waals surface area contributed by atoms with Crippen molar-refractivity contribution in [3.05, 3.63) is 54.1 Å². The first-order valence-electron chi connectivity index (χ1n) is 9.10. The van der Waals surface area contributed by atoms with Gasteiger partial charge in [-0.2, -0.15) is 0 Å². The van der Waals surface area contributed by atoms with E-state index in [4.69, 9.17) is 0 Å². The van der Waals surface area contributed by atoms with E-state index in [0.717, 1.165) is 12.1 Å². The van der Waals surface area contributed by atoms with Crippen molar-refractivity contribution in [1.29, 1.82) is 0 Å². The summed E-state index contributed by atoms with van der Waals surface area (Å²) < 4.78 is 26.8. The summed E-state index contributed by atoms with van der Waals surface area (Å²) in [5, 5.41) is 2.77. The molecule has 1 saturated heterocycles. The number of benzene rings is 2. The number of anilines is 2. The first-order valence-corrected chi connectivity index (χ1v) is 10.6. The van der Waals surface area contributed by atoms with E-state index in [2.05, 4.69) is 10.0 Å². The second kappa shape index (κ2) is 8.12. The van der Waals surface area contributed by atoms with Crippen LogP contribution in [-0.2, 0) is 14.8 Å². The van der Waals surface area contributed by atoms with Crippen molar-refractivity contribution in [1.82, 2.24) is 4.72 Å². The highest BCUT2D eigenvalue weighted by molar-refractivity contribution is 7.89. The maximum Gasteiger partial charge on any atom is 0.255 e. The minimum absolute atomic E-state index is 0.109. The Morgan fingerprint density at radius 1 is 1.04 bits per heavy atom. The van der Waals surface area contributed by atoms with E-state index in [1.165, 1.54) is 24.3 Å². The van der Waals surface area contributed by atoms with Crippen LogP contribution in [0.5, 0.6) is 0 Å². The maximum absolute atomic E-state index is 12.4. The molecule has 0 atom stereocenters. The van der Waals surface area contributed by atoms with E-state index in [9.17, 15) is 18.0 Å². The summed E-state index contributed by atoms with van der Waals surface area (Å²) >= 11 is 0. The van der Waals surface area contributed by atoms with Crippen molar-refractivity contribution in [2.75, 3.05) is 16.8 Å². The van der Waals surface area contributed by atoms with Gasteiger partial charge in [-0.15, -0.1) is 0 Å². The summed E-state index contributed by atoms with van der Waals surface area (Å²) in [5.41, 5.74) is 1.76. The van der Waals surface area contributed by atoms with E-state index < -0.39 is 10.0 Å². The molecule has 148 valence electrons. The molecule has 2 aromatic rings. The molecule has 0 unspecified atom stereocenters. The molecule has 2 aromatic carbocycles. The first kappa shape index (κ1) is 20.0. The van der Waals surface area contributed by atoms with Gasteiger partial charge in [0.25, 0.3) is 5.91 Å². The molecule has 0 radical (unpaired) electrons. The first-order chi connectivity index (χ1) is 13.3. The van der Waals surface area contributed by atoms with Crippen LogP contribution in [-0.4, -0.2) is 32.8 Å². The summed E-state index contributed by atoms with van der Waals surface area (Å²) in [5.74, 6) is -0.232. The molecular weight excluding hydrogens is 378 g/mol. The standard InChI is InChI=1S/C20H23N3O4S/c1-14(2)22-28(26,27)18-11-5-15(6-12-18)20(25)21-16-7-9-17(10-8-16)23-13-3-4-19(23)24/h5-12,14,22H,3-4,13H2,1-2H3,(H,21,25). The van der Waals surface area contributed by atoms with Crippen LogP contribution in [0.2, 0.25) is 0 Å². The van der Waals surface area contributed by atoms with Gasteiger partial charge in [-0.05, 0) is 68.8 Å². The van der Waals surface area contributed by atoms with Crippen LogP contribution in [0.1, 0.15) is 37.0 Å². The third-order valence-corrected chi connectivity index (χ3v) is 6.00. The van der Waals surface area contributed by atoms with Crippen LogP contribution in [0.3, 0.4) is 0 Å². The van der Waals surface area contributed by atoms with Gasteiger partial charge in [0, 0.05) is 35.9 Å². The fourth-order valence-electron chi connectivity index (χ4n) is 3.01. The zero-order valence-electron chi connectivity index (χ0n) is 15.8. The summed E-state index contributed by atoms with van der Waals surface area (Å²) in [6.45, 7) is 4.19. The van der Waals surface area contributed by atoms with Gasteiger partial charge in [0.2, 0.25) is 15.9 Å². The van der Waals surface area contributed by atoms with Crippen molar-refractivity contribution in [2.24, 2.45) is 0 Å². The Morgan fingerprint density at radius 2 is 1.68 bits per heavy atom. The van der Waals surface area contributed by atoms with Gasteiger partial charge >= 0.3 is 0 Å². The van der Waals surface area contributed by atoms with Gasteiger partial charge in [-0.3, -0.25) is 9.59 Å². The minimum atomic E-state index is -3.59. The minimum Gasteiger partial charge on any atom is -0.322 e. The van der Waals surface area contributed by atoms with Crippen molar-refractivity contribution in [3.8, 4) is 0 Å². The van der Waals surface area contributed by atoms with Gasteiger partial charge < -0.3 is 10.2 Å². The van der Waals surface area contributed by atoms with Gasteiger partial charge in [0.05, 0.1) is 4.90 Å². The lowest BCUT2D eigenvalue weighted by molar-refractivity contribution is -0.117. The number of carbonyl (C=O) groups excluding carboxylic acids is 2. The monoisotopic (exact) mass is 401 g/mol. The van der Waals surface area contributed by atoms with Crippen LogP contribution >= 0.6 is 0 Å². The van der Waals surface area contributed by atoms with Gasteiger partial charge in [-0.1, -0.05) is 0 Å². The molecule has 1 aliphatic heterocycles. The number of carbonyl (C=O) groups is 2. The van der Waals surface area contributed by atoms with Crippen LogP contribution < -0.4 is 14.9 Å². The van der Waals surface area contributed by atoms with E-state index in [1.807, 2.05) is 0 Å². The van der Waals surface area contributed by atoms with Crippen LogP contribution in [0.15, 0.2) is 53.4 Å². The van der Waals surface area contributed by atoms with Crippen molar-refractivity contribution >= 4 is 33.2 Å². The van der Waals surface area contributed by atoms with E-state index in [1.54, 1.807) is 43.0 Å². The SMILES string of the molecule is CC(C)NS(=O)(=O)c1ccc(C(=O)Nc2ccc(N3CCCC3=O)cc2)cc1. The highest BCUT2D eigenvalue weighted by Gasteiger charge is 2.21. The maximum atomic E-state index is 12.4. The second-order valence-corrected chi connectivity index (χ2v) is 8.66. The molecule has 1 fully saturated rings. The normalized spacial score (nSPS) is 14.5. The molecule has 1 heterocycles. The predicted molar refractivity (Wildman–Crippen MR) is 108 cm³/mol. The molecule has 2 N–H and O–H groups in total. The molecular formula is C20H23N3O4S. The number of nitrogens with zero attached hydrogens (tertiary/aromatic N) is 1. The van der Waals surface area contributed by atoms with Crippen LogP contribution in [0, 0.1) is 0 Å². The lowest BCUT2D eigenvalue weighted by Gasteiger charge is -2.16. The number of nitrogens with one attached hydrogen (secondary N) is 2. The van der Waals surface area contributed by atoms with Crippen molar-refractivity contribution in [3.63, 3.8) is 0 Å². The Balaban J connectivity index is 1.67. The van der Waals surface area contributed by atoms with Gasteiger partial charge in [0.15, 0.2) is 0 Å². The highest BCUT2D eigenvalue weighted by Crippen LogP contribution is 2.23. The zero-order valence-corrected chi connectivity index (χ0v) is 16.6. The zero-order chi connectivity index (χ0) is 20.3. The molecule has 0 bridgehead atoms. The summed E-state index contributed by atoms with van der Waals surface area (Å²) in [6, 6.07) is 12.6. The summed E-state index contributed by atoms with van der Waals surface area (Å²) in [6.07, 6.45) is 1.42. The Labute approximate surface area is 164 Å². The Morgan fingerprint density at radius 3 is 2.21 bits per heavy atom. The second-order valence-electron chi connectivity index (χ2n) is 6.95. The van der Waals surface area contributed by atoms with Gasteiger partial charge in [0.1, 0.15) is 0 Å². The smallest absolute Gasteiger partial charge is 0.255 e. The summed E-state index contributed by atoms with van der Waals surface area (Å²) in [7, 11) is -3.59. The van der Waals surface area contributed by atoms with Gasteiger partial charge in [-0.25, -0.2) is 13.1 Å². The fraction of sp³-hybridized carbons (Fsp3) is 0.300. The average Bonchev–Trinajstić information content (AvgIpc) is 3.07. The molecule has 28 heavy (non-hydrogen) atoms. The fourth-order valence-corrected chi connectivity index (χ4v) is 4.26. The third kappa shape index (κ3) is 4.58. The number of hydrogen-bond donors (Lipinski definition) is 2. The lowest BCUT2D eigenvalue weighted by atomic mass is 10.2. The molecule has 0 aromatic heterocycles. The van der Waals surface area contributed by atoms with Crippen molar-refractivity contribution < 1.29 is 18.0 Å². The Bertz CT molecular complexity index is 968. The Kier molecular flexibility index (Phi) is 5.81. The number of sulfonamides is 1. The molecule has 1 aliphatic rings. The van der Waals surface area contributed by atoms with Crippen LogP contribution in [0.25, 0.3) is 0 Å². The molecule has 0 saturated carbocycles. The lowest BCUT2D eigenvalue weighted by Crippen LogP contribution is -2.30. The van der Waals surface area contributed by atoms with Crippen LogP contribution in [0.4, 0.5) is 11.4 Å². The predicted octanol–water partition coefficient (Wildman–Crippen LogP) is 2.75. The molecule has 7 nitrogen and oxygen atoms in total. The topological polar surface area (TPSA) is 95.6 Å². The molecule has 8 heteroatoms. The molecule has 2 amide bonds. The number of hydrogen-bond acceptors (Lipinski definition) is 4. The van der Waals surface area contributed by atoms with E-state index >= 15 is 0 Å². The number of amides is 2. The van der Waals surface area contributed by atoms with E-state index in [0.29, 0.717) is 24.2 Å². The number of rotatable bonds is 6. The highest BCUT2D eigenvalue weighted by atomic mass is 32.2. The summed E-state index contributed by atoms with van der Waals surface area (Å²) in [4.78, 5) is 26.0. The van der Waals surface area contributed by atoms with Crippen molar-refractivity contribution in [2.45, 2.75) is 37.6 Å². The Hall–Kier alpha value is -2.71. The largest absolute Gasteiger partial charge is 0.322 e. The quantitative estimate of drug-likeness (QED) is 0.778. The van der Waals surface area contributed by atoms with E-state index in [-0.39, 0.29) is 22.8 Å².